The van der Waals surface area contributed by atoms with E-state index in [0.717, 1.165) is 24.5 Å². The van der Waals surface area contributed by atoms with E-state index in [4.69, 9.17) is 0 Å². The predicted octanol–water partition coefficient (Wildman–Crippen LogP) is 5.25. The molecule has 4 nitrogen and oxygen atoms in total. The summed E-state index contributed by atoms with van der Waals surface area (Å²) in [5.41, 5.74) is 3.69. The van der Waals surface area contributed by atoms with Crippen LogP contribution in [0.5, 0.6) is 0 Å². The number of aryl methyl sites for hydroxylation is 1. The molecule has 0 bridgehead atoms. The molecule has 1 aromatic carbocycles. The first-order valence-corrected chi connectivity index (χ1v) is 8.55. The van der Waals surface area contributed by atoms with Gasteiger partial charge in [0.05, 0.1) is 0 Å². The predicted molar refractivity (Wildman–Crippen MR) is 98.6 cm³/mol. The summed E-state index contributed by atoms with van der Waals surface area (Å²) in [7, 11) is 0. The second kappa shape index (κ2) is 8.51. The summed E-state index contributed by atoms with van der Waals surface area (Å²) in [6.07, 6.45) is 5.39. The third kappa shape index (κ3) is 4.95. The van der Waals surface area contributed by atoms with Gasteiger partial charge in [-0.2, -0.15) is 4.98 Å². The Morgan fingerprint density at radius 2 is 1.96 bits per heavy atom. The fourth-order valence-corrected chi connectivity index (χ4v) is 2.56. The van der Waals surface area contributed by atoms with Crippen LogP contribution in [-0.2, 0) is 0 Å². The van der Waals surface area contributed by atoms with E-state index in [1.807, 2.05) is 6.07 Å². The van der Waals surface area contributed by atoms with Gasteiger partial charge in [-0.15, -0.1) is 0 Å². The Bertz CT molecular complexity index is 623. The molecule has 0 aliphatic carbocycles. The van der Waals surface area contributed by atoms with Crippen LogP contribution in [0.1, 0.15) is 57.1 Å². The first-order chi connectivity index (χ1) is 11.1. The maximum Gasteiger partial charge on any atom is 0.224 e. The number of benzene rings is 1. The highest BCUT2D eigenvalue weighted by Gasteiger charge is 2.10. The average Bonchev–Trinajstić information content (AvgIpc) is 2.54. The van der Waals surface area contributed by atoms with Crippen molar-refractivity contribution in [1.82, 2.24) is 9.97 Å². The molecule has 0 fully saturated rings. The zero-order valence-corrected chi connectivity index (χ0v) is 14.7. The first-order valence-electron chi connectivity index (χ1n) is 8.55. The molecule has 2 N–H and O–H groups in total. The fourth-order valence-electron chi connectivity index (χ4n) is 2.56. The Labute approximate surface area is 139 Å². The summed E-state index contributed by atoms with van der Waals surface area (Å²) in [5, 5.41) is 6.77. The standard InChI is InChI=1S/C19H28N4/c1-5-6-7-12-20-19-21-13-11-17(23-19)22-18-15(4)9-8-10-16(18)14(2)3/h8-11,13-14H,5-7,12H2,1-4H3,(H2,20,21,22,23). The second-order valence-electron chi connectivity index (χ2n) is 6.22. The van der Waals surface area contributed by atoms with Gasteiger partial charge < -0.3 is 10.6 Å². The SMILES string of the molecule is CCCCCNc1nccc(Nc2c(C)cccc2C(C)C)n1. The number of hydrogen-bond donors (Lipinski definition) is 2. The summed E-state index contributed by atoms with van der Waals surface area (Å²) < 4.78 is 0. The highest BCUT2D eigenvalue weighted by Crippen LogP contribution is 2.29. The molecule has 0 atom stereocenters. The van der Waals surface area contributed by atoms with E-state index in [0.29, 0.717) is 11.9 Å². The number of anilines is 3. The van der Waals surface area contributed by atoms with E-state index in [2.05, 4.69) is 66.5 Å². The molecule has 0 saturated heterocycles. The van der Waals surface area contributed by atoms with Gasteiger partial charge in [0.25, 0.3) is 0 Å². The van der Waals surface area contributed by atoms with Crippen molar-refractivity contribution in [1.29, 1.82) is 0 Å². The summed E-state index contributed by atoms with van der Waals surface area (Å²) in [6.45, 7) is 9.66. The summed E-state index contributed by atoms with van der Waals surface area (Å²) in [5.74, 6) is 1.98. The topological polar surface area (TPSA) is 49.8 Å². The third-order valence-corrected chi connectivity index (χ3v) is 3.90. The monoisotopic (exact) mass is 312 g/mol. The zero-order valence-electron chi connectivity index (χ0n) is 14.7. The van der Waals surface area contributed by atoms with Crippen molar-refractivity contribution in [3.63, 3.8) is 0 Å². The lowest BCUT2D eigenvalue weighted by atomic mass is 9.98. The van der Waals surface area contributed by atoms with Crippen LogP contribution >= 0.6 is 0 Å². The molecule has 0 aliphatic heterocycles. The number of para-hydroxylation sites is 1. The minimum atomic E-state index is 0.464. The first kappa shape index (κ1) is 17.3. The van der Waals surface area contributed by atoms with E-state index >= 15 is 0 Å². The van der Waals surface area contributed by atoms with Crippen LogP contribution in [0.3, 0.4) is 0 Å². The Morgan fingerprint density at radius 1 is 1.13 bits per heavy atom. The second-order valence-corrected chi connectivity index (χ2v) is 6.22. The van der Waals surface area contributed by atoms with Crippen molar-refractivity contribution < 1.29 is 0 Å². The molecule has 0 aliphatic rings. The van der Waals surface area contributed by atoms with Crippen LogP contribution in [-0.4, -0.2) is 16.5 Å². The van der Waals surface area contributed by atoms with Crippen LogP contribution in [0.2, 0.25) is 0 Å². The Morgan fingerprint density at radius 3 is 2.70 bits per heavy atom. The normalized spacial score (nSPS) is 10.8. The smallest absolute Gasteiger partial charge is 0.224 e. The van der Waals surface area contributed by atoms with Gasteiger partial charge >= 0.3 is 0 Å². The van der Waals surface area contributed by atoms with Crippen molar-refractivity contribution in [3.8, 4) is 0 Å². The van der Waals surface area contributed by atoms with Gasteiger partial charge in [-0.3, -0.25) is 0 Å². The molecule has 4 heteroatoms. The molecule has 0 radical (unpaired) electrons. The lowest BCUT2D eigenvalue weighted by Gasteiger charge is -2.17. The molecule has 1 aromatic heterocycles. The van der Waals surface area contributed by atoms with E-state index < -0.39 is 0 Å². The molecule has 23 heavy (non-hydrogen) atoms. The summed E-state index contributed by atoms with van der Waals surface area (Å²) >= 11 is 0. The van der Waals surface area contributed by atoms with Crippen molar-refractivity contribution >= 4 is 17.5 Å². The molecule has 124 valence electrons. The fraction of sp³-hybridized carbons (Fsp3) is 0.474. The molecule has 1 heterocycles. The number of rotatable bonds is 8. The van der Waals surface area contributed by atoms with Crippen molar-refractivity contribution in [2.75, 3.05) is 17.2 Å². The van der Waals surface area contributed by atoms with E-state index in [1.165, 1.54) is 24.0 Å². The molecule has 0 unspecified atom stereocenters. The lowest BCUT2D eigenvalue weighted by Crippen LogP contribution is -2.07. The molecular weight excluding hydrogens is 284 g/mol. The Kier molecular flexibility index (Phi) is 6.39. The van der Waals surface area contributed by atoms with Crippen LogP contribution in [0.4, 0.5) is 17.5 Å². The van der Waals surface area contributed by atoms with Crippen LogP contribution < -0.4 is 10.6 Å². The Balaban J connectivity index is 2.12. The molecule has 0 saturated carbocycles. The summed E-state index contributed by atoms with van der Waals surface area (Å²) in [4.78, 5) is 8.87. The van der Waals surface area contributed by atoms with Gasteiger partial charge in [-0.05, 0) is 36.5 Å². The van der Waals surface area contributed by atoms with Crippen molar-refractivity contribution in [2.24, 2.45) is 0 Å². The lowest BCUT2D eigenvalue weighted by molar-refractivity contribution is 0.740. The molecular formula is C19H28N4. The Hall–Kier alpha value is -2.10. The number of unbranched alkanes of at least 4 members (excludes halogenated alkanes) is 2. The van der Waals surface area contributed by atoms with Gasteiger partial charge in [-0.1, -0.05) is 51.8 Å². The van der Waals surface area contributed by atoms with Gasteiger partial charge in [0.2, 0.25) is 5.95 Å². The maximum absolute atomic E-state index is 4.57. The van der Waals surface area contributed by atoms with Gasteiger partial charge in [0.15, 0.2) is 0 Å². The van der Waals surface area contributed by atoms with E-state index in [1.54, 1.807) is 6.20 Å². The molecule has 2 aromatic rings. The summed E-state index contributed by atoms with van der Waals surface area (Å²) in [6, 6.07) is 8.31. The molecule has 2 rings (SSSR count). The van der Waals surface area contributed by atoms with E-state index in [9.17, 15) is 0 Å². The number of hydrogen-bond acceptors (Lipinski definition) is 4. The van der Waals surface area contributed by atoms with Gasteiger partial charge in [0, 0.05) is 18.4 Å². The third-order valence-electron chi connectivity index (χ3n) is 3.90. The van der Waals surface area contributed by atoms with Crippen molar-refractivity contribution in [2.45, 2.75) is 52.9 Å². The van der Waals surface area contributed by atoms with Gasteiger partial charge in [-0.25, -0.2) is 4.98 Å². The largest absolute Gasteiger partial charge is 0.354 e. The maximum atomic E-state index is 4.57. The number of aromatic nitrogens is 2. The quantitative estimate of drug-likeness (QED) is 0.653. The highest BCUT2D eigenvalue weighted by atomic mass is 15.1. The number of nitrogens with one attached hydrogen (secondary N) is 2. The number of nitrogens with zero attached hydrogens (tertiary/aromatic N) is 2. The minimum absolute atomic E-state index is 0.464. The van der Waals surface area contributed by atoms with E-state index in [-0.39, 0.29) is 0 Å². The van der Waals surface area contributed by atoms with Crippen molar-refractivity contribution in [3.05, 3.63) is 41.6 Å². The minimum Gasteiger partial charge on any atom is -0.354 e. The molecule has 0 spiro atoms. The zero-order chi connectivity index (χ0) is 16.7. The average molecular weight is 312 g/mol. The van der Waals surface area contributed by atoms with Crippen LogP contribution in [0.15, 0.2) is 30.5 Å². The van der Waals surface area contributed by atoms with Gasteiger partial charge in [0.1, 0.15) is 5.82 Å². The van der Waals surface area contributed by atoms with Crippen LogP contribution in [0.25, 0.3) is 0 Å². The molecule has 0 amide bonds. The van der Waals surface area contributed by atoms with Crippen LogP contribution in [0, 0.1) is 6.92 Å². The highest BCUT2D eigenvalue weighted by molar-refractivity contribution is 5.65.